The van der Waals surface area contributed by atoms with Gasteiger partial charge in [0.2, 0.25) is 5.91 Å². The number of hydrogen-bond acceptors (Lipinski definition) is 3. The third kappa shape index (κ3) is 2.92. The summed E-state index contributed by atoms with van der Waals surface area (Å²) in [5.41, 5.74) is 0. The number of carbonyl (C=O) groups excluding carboxylic acids is 1. The molecule has 2 heterocycles. The van der Waals surface area contributed by atoms with Gasteiger partial charge in [0.05, 0.1) is 6.04 Å². The van der Waals surface area contributed by atoms with E-state index >= 15 is 0 Å². The van der Waals surface area contributed by atoms with Crippen LogP contribution in [-0.2, 0) is 4.79 Å². The van der Waals surface area contributed by atoms with E-state index in [0.717, 1.165) is 26.1 Å². The SMILES string of the molecule is CC1CN(C(=O)C2CCCCN2)CC(C)S1. The molecule has 0 aromatic rings. The first-order valence-electron chi connectivity index (χ1n) is 6.34. The molecule has 1 amide bonds. The van der Waals surface area contributed by atoms with Crippen molar-refractivity contribution in [2.45, 2.75) is 49.7 Å². The van der Waals surface area contributed by atoms with Crippen molar-refractivity contribution in [3.05, 3.63) is 0 Å². The monoisotopic (exact) mass is 242 g/mol. The van der Waals surface area contributed by atoms with Crippen molar-refractivity contribution in [1.29, 1.82) is 0 Å². The van der Waals surface area contributed by atoms with E-state index in [2.05, 4.69) is 24.1 Å². The smallest absolute Gasteiger partial charge is 0.239 e. The minimum atomic E-state index is 0.0937. The number of amides is 1. The molecule has 0 aromatic carbocycles. The molecular formula is C12H22N2OS. The molecule has 16 heavy (non-hydrogen) atoms. The summed E-state index contributed by atoms with van der Waals surface area (Å²) in [6.45, 7) is 7.28. The molecule has 92 valence electrons. The Morgan fingerprint density at radius 3 is 2.50 bits per heavy atom. The number of hydrogen-bond donors (Lipinski definition) is 1. The van der Waals surface area contributed by atoms with E-state index in [1.807, 2.05) is 11.8 Å². The van der Waals surface area contributed by atoms with Gasteiger partial charge < -0.3 is 10.2 Å². The van der Waals surface area contributed by atoms with Gasteiger partial charge >= 0.3 is 0 Å². The third-order valence-corrected chi connectivity index (χ3v) is 4.57. The zero-order valence-corrected chi connectivity index (χ0v) is 11.1. The molecule has 4 heteroatoms. The zero-order valence-electron chi connectivity index (χ0n) is 10.2. The van der Waals surface area contributed by atoms with Gasteiger partial charge in [-0.15, -0.1) is 0 Å². The van der Waals surface area contributed by atoms with E-state index < -0.39 is 0 Å². The summed E-state index contributed by atoms with van der Waals surface area (Å²) >= 11 is 1.99. The number of piperidine rings is 1. The van der Waals surface area contributed by atoms with Crippen LogP contribution in [0, 0.1) is 0 Å². The van der Waals surface area contributed by atoms with Crippen LogP contribution in [0.4, 0.5) is 0 Å². The van der Waals surface area contributed by atoms with Gasteiger partial charge in [-0.2, -0.15) is 11.8 Å². The lowest BCUT2D eigenvalue weighted by atomic mass is 10.0. The van der Waals surface area contributed by atoms with E-state index in [4.69, 9.17) is 0 Å². The third-order valence-electron chi connectivity index (χ3n) is 3.34. The quantitative estimate of drug-likeness (QED) is 0.756. The maximum absolute atomic E-state index is 12.3. The van der Waals surface area contributed by atoms with Crippen LogP contribution in [0.2, 0.25) is 0 Å². The predicted molar refractivity (Wildman–Crippen MR) is 68.7 cm³/mol. The van der Waals surface area contributed by atoms with Crippen LogP contribution >= 0.6 is 11.8 Å². The second-order valence-corrected chi connectivity index (χ2v) is 6.88. The Balaban J connectivity index is 1.92. The van der Waals surface area contributed by atoms with Gasteiger partial charge in [-0.05, 0) is 19.4 Å². The molecule has 3 nitrogen and oxygen atoms in total. The van der Waals surface area contributed by atoms with Crippen molar-refractivity contribution < 1.29 is 4.79 Å². The molecule has 0 saturated carbocycles. The van der Waals surface area contributed by atoms with Gasteiger partial charge in [-0.1, -0.05) is 20.3 Å². The van der Waals surface area contributed by atoms with Crippen LogP contribution in [0.3, 0.4) is 0 Å². The Kier molecular flexibility index (Phi) is 4.14. The summed E-state index contributed by atoms with van der Waals surface area (Å²) in [6, 6.07) is 0.0937. The van der Waals surface area contributed by atoms with Crippen molar-refractivity contribution in [2.75, 3.05) is 19.6 Å². The summed E-state index contributed by atoms with van der Waals surface area (Å²) in [4.78, 5) is 14.4. The van der Waals surface area contributed by atoms with Crippen LogP contribution in [0.15, 0.2) is 0 Å². The Hall–Kier alpha value is -0.220. The van der Waals surface area contributed by atoms with E-state index in [0.29, 0.717) is 16.4 Å². The molecule has 1 N–H and O–H groups in total. The average Bonchev–Trinajstić information content (AvgIpc) is 2.28. The maximum atomic E-state index is 12.3. The minimum Gasteiger partial charge on any atom is -0.339 e. The molecule has 0 radical (unpaired) electrons. The van der Waals surface area contributed by atoms with E-state index in [1.165, 1.54) is 12.8 Å². The lowest BCUT2D eigenvalue weighted by Gasteiger charge is -2.37. The van der Waals surface area contributed by atoms with Gasteiger partial charge in [-0.3, -0.25) is 4.79 Å². The summed E-state index contributed by atoms with van der Waals surface area (Å²) in [6.07, 6.45) is 3.43. The van der Waals surface area contributed by atoms with E-state index in [9.17, 15) is 4.79 Å². The molecular weight excluding hydrogens is 220 g/mol. The zero-order chi connectivity index (χ0) is 11.5. The lowest BCUT2D eigenvalue weighted by molar-refractivity contribution is -0.134. The second-order valence-electron chi connectivity index (χ2n) is 5.00. The lowest BCUT2D eigenvalue weighted by Crippen LogP contribution is -2.53. The van der Waals surface area contributed by atoms with Crippen molar-refractivity contribution in [3.63, 3.8) is 0 Å². The highest BCUT2D eigenvalue weighted by Gasteiger charge is 2.30. The highest BCUT2D eigenvalue weighted by Crippen LogP contribution is 2.25. The van der Waals surface area contributed by atoms with E-state index in [-0.39, 0.29) is 6.04 Å². The number of carbonyl (C=O) groups is 1. The van der Waals surface area contributed by atoms with Crippen LogP contribution in [0.25, 0.3) is 0 Å². The first-order chi connectivity index (χ1) is 7.66. The van der Waals surface area contributed by atoms with Crippen molar-refractivity contribution in [3.8, 4) is 0 Å². The fourth-order valence-electron chi connectivity index (χ4n) is 2.64. The molecule has 0 bridgehead atoms. The fraction of sp³-hybridized carbons (Fsp3) is 0.917. The molecule has 0 aliphatic carbocycles. The van der Waals surface area contributed by atoms with Crippen molar-refractivity contribution in [2.24, 2.45) is 0 Å². The normalized spacial score (nSPS) is 36.1. The molecule has 2 aliphatic heterocycles. The largest absolute Gasteiger partial charge is 0.339 e. The van der Waals surface area contributed by atoms with Gasteiger partial charge in [0.1, 0.15) is 0 Å². The fourth-order valence-corrected chi connectivity index (χ4v) is 3.97. The molecule has 2 rings (SSSR count). The summed E-state index contributed by atoms with van der Waals surface area (Å²) in [7, 11) is 0. The molecule has 0 spiro atoms. The second kappa shape index (κ2) is 5.41. The molecule has 2 saturated heterocycles. The summed E-state index contributed by atoms with van der Waals surface area (Å²) < 4.78 is 0. The molecule has 2 fully saturated rings. The highest BCUT2D eigenvalue weighted by atomic mass is 32.2. The number of nitrogens with zero attached hydrogens (tertiary/aromatic N) is 1. The van der Waals surface area contributed by atoms with Crippen molar-refractivity contribution >= 4 is 17.7 Å². The molecule has 2 aliphatic rings. The Labute approximate surface area is 102 Å². The molecule has 0 aromatic heterocycles. The number of nitrogens with one attached hydrogen (secondary N) is 1. The highest BCUT2D eigenvalue weighted by molar-refractivity contribution is 8.00. The van der Waals surface area contributed by atoms with Crippen LogP contribution in [0.1, 0.15) is 33.1 Å². The van der Waals surface area contributed by atoms with Crippen molar-refractivity contribution in [1.82, 2.24) is 10.2 Å². The van der Waals surface area contributed by atoms with Gasteiger partial charge in [0.15, 0.2) is 0 Å². The molecule has 3 unspecified atom stereocenters. The minimum absolute atomic E-state index is 0.0937. The maximum Gasteiger partial charge on any atom is 0.239 e. The number of rotatable bonds is 1. The Morgan fingerprint density at radius 1 is 1.25 bits per heavy atom. The average molecular weight is 242 g/mol. The van der Waals surface area contributed by atoms with Crippen LogP contribution < -0.4 is 5.32 Å². The Bertz CT molecular complexity index is 243. The topological polar surface area (TPSA) is 32.3 Å². The summed E-state index contributed by atoms with van der Waals surface area (Å²) in [5.74, 6) is 0.332. The van der Waals surface area contributed by atoms with Gasteiger partial charge in [0.25, 0.3) is 0 Å². The van der Waals surface area contributed by atoms with E-state index in [1.54, 1.807) is 0 Å². The van der Waals surface area contributed by atoms with Crippen LogP contribution in [0.5, 0.6) is 0 Å². The van der Waals surface area contributed by atoms with Gasteiger partial charge in [-0.25, -0.2) is 0 Å². The number of thioether (sulfide) groups is 1. The molecule has 3 atom stereocenters. The summed E-state index contributed by atoms with van der Waals surface area (Å²) in [5, 5.41) is 4.51. The standard InChI is InChI=1S/C12H22N2OS/c1-9-7-14(8-10(2)16-9)12(15)11-5-3-4-6-13-11/h9-11,13H,3-8H2,1-2H3. The predicted octanol–water partition coefficient (Wildman–Crippen LogP) is 1.48. The first-order valence-corrected chi connectivity index (χ1v) is 7.28. The van der Waals surface area contributed by atoms with Gasteiger partial charge in [0, 0.05) is 23.6 Å². The first kappa shape index (κ1) is 12.2. The Morgan fingerprint density at radius 2 is 1.94 bits per heavy atom. The van der Waals surface area contributed by atoms with Crippen LogP contribution in [-0.4, -0.2) is 47.0 Å².